The molecule has 6 heterocycles. The highest BCUT2D eigenvalue weighted by molar-refractivity contribution is 5.92. The molecule has 8 heteroatoms. The van der Waals surface area contributed by atoms with Crippen LogP contribution in [0, 0.1) is 23.2 Å². The molecule has 6 aliphatic heterocycles. The molecule has 0 saturated carbocycles. The maximum atomic E-state index is 12.5. The largest absolute Gasteiger partial charge is 0.450 e. The van der Waals surface area contributed by atoms with Gasteiger partial charge in [0.1, 0.15) is 11.7 Å². The van der Waals surface area contributed by atoms with Crippen LogP contribution in [-0.4, -0.2) is 70.0 Å². The molecular weight excluding hydrogens is 630 g/mol. The SMILES string of the molecule is C=C1CCCC2=NCC(C)C(C)CC23CCC(C2C=C(C)C(=O)O2)=C(C)C3C=C(C)C(O)CC2CCC3(CCC4(OC(CCC4(C)O)C1)O3)O2. The Hall–Kier alpha value is -2.10. The van der Waals surface area contributed by atoms with E-state index in [9.17, 15) is 15.0 Å². The molecule has 0 radical (unpaired) electrons. The quantitative estimate of drug-likeness (QED) is 0.213. The van der Waals surface area contributed by atoms with E-state index < -0.39 is 23.3 Å². The smallest absolute Gasteiger partial charge is 0.334 e. The van der Waals surface area contributed by atoms with Gasteiger partial charge in [-0.2, -0.15) is 0 Å². The molecule has 4 bridgehead atoms. The molecule has 50 heavy (non-hydrogen) atoms. The van der Waals surface area contributed by atoms with E-state index in [0.717, 1.165) is 69.9 Å². The number of ether oxygens (including phenoxy) is 4. The molecule has 0 amide bonds. The van der Waals surface area contributed by atoms with Crippen LogP contribution in [0.3, 0.4) is 0 Å². The molecular formula is C42H61NO7. The Bertz CT molecular complexity index is 1510. The first-order chi connectivity index (χ1) is 23.6. The second kappa shape index (κ2) is 13.4. The number of carbonyl (C=O) groups is 1. The van der Waals surface area contributed by atoms with E-state index >= 15 is 0 Å². The van der Waals surface area contributed by atoms with Crippen LogP contribution in [0.1, 0.15) is 131 Å². The summed E-state index contributed by atoms with van der Waals surface area (Å²) in [5.41, 5.74) is 5.21. The summed E-state index contributed by atoms with van der Waals surface area (Å²) < 4.78 is 26.1. The molecule has 8 nitrogen and oxygen atoms in total. The molecule has 3 saturated heterocycles. The summed E-state index contributed by atoms with van der Waals surface area (Å²) in [6.45, 7) is 18.0. The first-order valence-corrected chi connectivity index (χ1v) is 19.6. The highest BCUT2D eigenvalue weighted by Crippen LogP contribution is 2.56. The number of rotatable bonds is 1. The third-order valence-electron chi connectivity index (χ3n) is 14.0. The first kappa shape index (κ1) is 36.3. The van der Waals surface area contributed by atoms with Gasteiger partial charge in [0.05, 0.1) is 18.3 Å². The molecule has 3 spiro atoms. The highest BCUT2D eigenvalue weighted by Gasteiger charge is 2.64. The lowest BCUT2D eigenvalue weighted by Gasteiger charge is -2.49. The number of fused-ring (bicyclic) bond motifs is 2. The minimum Gasteiger partial charge on any atom is -0.450 e. The van der Waals surface area contributed by atoms with Gasteiger partial charge in [0.2, 0.25) is 5.79 Å². The van der Waals surface area contributed by atoms with Crippen LogP contribution in [0.15, 0.2) is 51.6 Å². The number of cyclic esters (lactones) is 1. The zero-order valence-corrected chi connectivity index (χ0v) is 31.4. The molecule has 1 aliphatic carbocycles. The number of carbonyl (C=O) groups excluding carboxylic acids is 1. The maximum Gasteiger partial charge on any atom is 0.334 e. The van der Waals surface area contributed by atoms with Crippen LogP contribution < -0.4 is 0 Å². The molecule has 2 N–H and O–H groups in total. The van der Waals surface area contributed by atoms with E-state index in [4.69, 9.17) is 23.9 Å². The van der Waals surface area contributed by atoms with Crippen LogP contribution in [0.25, 0.3) is 0 Å². The van der Waals surface area contributed by atoms with Crippen LogP contribution >= 0.6 is 0 Å². The lowest BCUT2D eigenvalue weighted by atomic mass is 9.56. The number of hydrogen-bond acceptors (Lipinski definition) is 8. The number of aliphatic hydroxyl groups excluding tert-OH is 1. The topological polar surface area (TPSA) is 107 Å². The van der Waals surface area contributed by atoms with Gasteiger partial charge in [-0.15, -0.1) is 0 Å². The number of allylic oxidation sites excluding steroid dienone is 2. The lowest BCUT2D eigenvalue weighted by molar-refractivity contribution is -0.387. The predicted octanol–water partition coefficient (Wildman–Crippen LogP) is 7.83. The maximum absolute atomic E-state index is 12.5. The normalized spacial score (nSPS) is 46.0. The zero-order chi connectivity index (χ0) is 35.6. The van der Waals surface area contributed by atoms with E-state index in [1.54, 1.807) is 0 Å². The predicted molar refractivity (Wildman–Crippen MR) is 193 cm³/mol. The van der Waals surface area contributed by atoms with E-state index in [1.165, 1.54) is 22.4 Å². The van der Waals surface area contributed by atoms with Gasteiger partial charge in [0.25, 0.3) is 0 Å². The minimum absolute atomic E-state index is 0.0226. The molecule has 0 aromatic carbocycles. The molecule has 11 atom stereocenters. The van der Waals surface area contributed by atoms with Crippen molar-refractivity contribution in [2.75, 3.05) is 6.54 Å². The van der Waals surface area contributed by atoms with Gasteiger partial charge in [-0.3, -0.25) is 4.99 Å². The van der Waals surface area contributed by atoms with E-state index in [2.05, 4.69) is 40.3 Å². The summed E-state index contributed by atoms with van der Waals surface area (Å²) in [7, 11) is 0. The van der Waals surface area contributed by atoms with Crippen LogP contribution in [-0.2, 0) is 23.7 Å². The Labute approximate surface area is 299 Å². The fourth-order valence-corrected chi connectivity index (χ4v) is 10.5. The number of esters is 1. The molecule has 11 unspecified atom stereocenters. The standard InChI is InChI=1S/C42H61NO7/c1-25-9-8-10-37-40(23-28(4)29(5)24-43-37)15-13-33(36-21-27(3)38(45)47-36)30(6)34(40)20-26(2)35(44)22-32-12-16-41(48-32)17-18-42(50-41)39(7,46)14-11-31(19-25)49-42/h20-21,28-29,31-32,34-36,44,46H,1,8-19,22-24H2,2-7H3. The van der Waals surface area contributed by atoms with E-state index in [0.29, 0.717) is 49.5 Å². The number of aliphatic imine (C=N–C) groups is 1. The van der Waals surface area contributed by atoms with Crippen molar-refractivity contribution in [1.29, 1.82) is 0 Å². The van der Waals surface area contributed by atoms with Crippen molar-refractivity contribution in [3.63, 3.8) is 0 Å². The zero-order valence-electron chi connectivity index (χ0n) is 31.4. The Morgan fingerprint density at radius 3 is 2.48 bits per heavy atom. The van der Waals surface area contributed by atoms with Crippen molar-refractivity contribution in [3.8, 4) is 0 Å². The van der Waals surface area contributed by atoms with Crippen molar-refractivity contribution in [3.05, 3.63) is 46.6 Å². The summed E-state index contributed by atoms with van der Waals surface area (Å²) in [6, 6.07) is 0. The Balaban J connectivity index is 1.27. The molecule has 7 aliphatic rings. The summed E-state index contributed by atoms with van der Waals surface area (Å²) in [4.78, 5) is 18.0. The fraction of sp³-hybridized carbons (Fsp3) is 0.762. The third kappa shape index (κ3) is 6.44. The van der Waals surface area contributed by atoms with E-state index in [1.807, 2.05) is 19.9 Å². The van der Waals surface area contributed by atoms with Gasteiger partial charge in [0, 0.05) is 54.8 Å². The van der Waals surface area contributed by atoms with Crippen LogP contribution in [0.2, 0.25) is 0 Å². The average Bonchev–Trinajstić information content (AvgIpc) is 3.71. The Kier molecular flexibility index (Phi) is 9.71. The monoisotopic (exact) mass is 691 g/mol. The molecule has 3 fully saturated rings. The average molecular weight is 692 g/mol. The summed E-state index contributed by atoms with van der Waals surface area (Å²) >= 11 is 0. The number of aliphatic hydroxyl groups is 2. The van der Waals surface area contributed by atoms with Crippen molar-refractivity contribution < 1.29 is 34.0 Å². The summed E-state index contributed by atoms with van der Waals surface area (Å²) in [6.07, 6.45) is 14.0. The second-order valence-electron chi connectivity index (χ2n) is 17.5. The van der Waals surface area contributed by atoms with Gasteiger partial charge in [-0.25, -0.2) is 4.79 Å². The number of hydrogen-bond donors (Lipinski definition) is 2. The molecule has 0 aromatic rings. The Morgan fingerprint density at radius 2 is 1.72 bits per heavy atom. The van der Waals surface area contributed by atoms with Gasteiger partial charge >= 0.3 is 5.97 Å². The van der Waals surface area contributed by atoms with Crippen LogP contribution in [0.5, 0.6) is 0 Å². The van der Waals surface area contributed by atoms with Crippen molar-refractivity contribution in [2.45, 2.75) is 173 Å². The number of nitrogens with zero attached hydrogens (tertiary/aromatic N) is 1. The van der Waals surface area contributed by atoms with Crippen LogP contribution in [0.4, 0.5) is 0 Å². The molecule has 7 rings (SSSR count). The first-order valence-electron chi connectivity index (χ1n) is 19.6. The lowest BCUT2D eigenvalue weighted by Crippen LogP contribution is -2.60. The molecule has 0 aromatic heterocycles. The van der Waals surface area contributed by atoms with Crippen molar-refractivity contribution >= 4 is 11.7 Å². The van der Waals surface area contributed by atoms with Crippen molar-refractivity contribution in [1.82, 2.24) is 0 Å². The third-order valence-corrected chi connectivity index (χ3v) is 14.0. The fourth-order valence-electron chi connectivity index (χ4n) is 10.5. The summed E-state index contributed by atoms with van der Waals surface area (Å²) in [5.74, 6) is -1.16. The second-order valence-corrected chi connectivity index (χ2v) is 17.5. The highest BCUT2D eigenvalue weighted by atomic mass is 16.8. The van der Waals surface area contributed by atoms with Gasteiger partial charge < -0.3 is 29.2 Å². The minimum atomic E-state index is -1.11. The molecule has 276 valence electrons. The van der Waals surface area contributed by atoms with Gasteiger partial charge in [-0.1, -0.05) is 37.6 Å². The van der Waals surface area contributed by atoms with Gasteiger partial charge in [-0.05, 0) is 121 Å². The van der Waals surface area contributed by atoms with Crippen molar-refractivity contribution in [2.24, 2.45) is 28.2 Å². The van der Waals surface area contributed by atoms with E-state index in [-0.39, 0.29) is 35.6 Å². The Morgan fingerprint density at radius 1 is 0.940 bits per heavy atom. The van der Waals surface area contributed by atoms with Gasteiger partial charge in [0.15, 0.2) is 5.79 Å². The summed E-state index contributed by atoms with van der Waals surface area (Å²) in [5, 5.41) is 23.4.